The lowest BCUT2D eigenvalue weighted by Crippen LogP contribution is -2.41. The van der Waals surface area contributed by atoms with Crippen LogP contribution in [0.4, 0.5) is 13.2 Å². The molecule has 2 fully saturated rings. The smallest absolute Gasteiger partial charge is 0.401 e. The Labute approximate surface area is 187 Å². The number of hydrogen-bond acceptors (Lipinski definition) is 3. The van der Waals surface area contributed by atoms with Crippen molar-refractivity contribution in [2.24, 2.45) is 11.8 Å². The van der Waals surface area contributed by atoms with Gasteiger partial charge < -0.3 is 9.64 Å². The van der Waals surface area contributed by atoms with E-state index in [9.17, 15) is 13.2 Å². The number of likely N-dealkylation sites (tertiary alicyclic amines) is 2. The van der Waals surface area contributed by atoms with Crippen LogP contribution in [-0.4, -0.2) is 62.4 Å². The van der Waals surface area contributed by atoms with Crippen molar-refractivity contribution in [1.82, 2.24) is 9.80 Å². The van der Waals surface area contributed by atoms with Crippen molar-refractivity contribution in [3.63, 3.8) is 0 Å². The lowest BCUT2D eigenvalue weighted by Gasteiger charge is -2.34. The van der Waals surface area contributed by atoms with Crippen LogP contribution in [0, 0.1) is 11.8 Å². The van der Waals surface area contributed by atoms with Gasteiger partial charge in [0.15, 0.2) is 0 Å². The highest BCUT2D eigenvalue weighted by molar-refractivity contribution is 9.10. The summed E-state index contributed by atoms with van der Waals surface area (Å²) in [6.07, 6.45) is 3.51. The van der Waals surface area contributed by atoms with E-state index >= 15 is 0 Å². The van der Waals surface area contributed by atoms with E-state index in [0.717, 1.165) is 62.0 Å². The standard InChI is InChI=1S/C23H34BrF3N2O/c1-30-21-6-7-22(24)20(15-21)14-18-8-12-28(13-9-18)10-2-4-19-5-3-11-29(16-19)17-23(25,26)27/h6-7,15,18-19H,2-5,8-14,16-17H2,1H3. The number of ether oxygens (including phenoxy) is 1. The van der Waals surface area contributed by atoms with Crippen LogP contribution in [0.1, 0.15) is 44.1 Å². The molecule has 0 aliphatic carbocycles. The number of alkyl halides is 3. The molecule has 2 saturated heterocycles. The summed E-state index contributed by atoms with van der Waals surface area (Å²) >= 11 is 3.66. The second-order valence-electron chi connectivity index (χ2n) is 8.95. The van der Waals surface area contributed by atoms with Crippen molar-refractivity contribution in [3.8, 4) is 5.75 Å². The Balaban J connectivity index is 1.34. The average Bonchev–Trinajstić information content (AvgIpc) is 2.70. The van der Waals surface area contributed by atoms with Crippen LogP contribution in [0.2, 0.25) is 0 Å². The van der Waals surface area contributed by atoms with E-state index in [1.54, 1.807) is 12.0 Å². The molecule has 170 valence electrons. The summed E-state index contributed by atoms with van der Waals surface area (Å²) < 4.78 is 44.4. The Morgan fingerprint density at radius 3 is 2.53 bits per heavy atom. The molecule has 1 atom stereocenters. The van der Waals surface area contributed by atoms with E-state index in [2.05, 4.69) is 33.0 Å². The molecule has 0 saturated carbocycles. The van der Waals surface area contributed by atoms with Crippen LogP contribution in [0.5, 0.6) is 5.75 Å². The first-order valence-electron chi connectivity index (χ1n) is 11.2. The fourth-order valence-corrected chi connectivity index (χ4v) is 5.36. The normalized spacial score (nSPS) is 22.4. The highest BCUT2D eigenvalue weighted by Gasteiger charge is 2.33. The molecule has 3 rings (SSSR count). The minimum atomic E-state index is -4.08. The molecule has 2 aliphatic heterocycles. The molecule has 1 aromatic carbocycles. The molecule has 30 heavy (non-hydrogen) atoms. The molecule has 2 aliphatic rings. The van der Waals surface area contributed by atoms with Crippen LogP contribution in [0.25, 0.3) is 0 Å². The largest absolute Gasteiger partial charge is 0.497 e. The number of halogens is 4. The second kappa shape index (κ2) is 11.2. The van der Waals surface area contributed by atoms with Crippen molar-refractivity contribution < 1.29 is 17.9 Å². The van der Waals surface area contributed by atoms with E-state index in [0.29, 0.717) is 24.9 Å². The van der Waals surface area contributed by atoms with Gasteiger partial charge in [-0.15, -0.1) is 0 Å². The minimum absolute atomic E-state index is 0.420. The number of rotatable bonds is 8. The molecule has 0 aromatic heterocycles. The SMILES string of the molecule is COc1ccc(Br)c(CC2CCN(CCCC3CCCN(CC(F)(F)F)C3)CC2)c1. The average molecular weight is 491 g/mol. The Hall–Kier alpha value is -0.790. The predicted molar refractivity (Wildman–Crippen MR) is 118 cm³/mol. The fourth-order valence-electron chi connectivity index (χ4n) is 4.95. The summed E-state index contributed by atoms with van der Waals surface area (Å²) in [6.45, 7) is 3.77. The quantitative estimate of drug-likeness (QED) is 0.460. The first-order chi connectivity index (χ1) is 14.3. The Kier molecular flexibility index (Phi) is 8.90. The lowest BCUT2D eigenvalue weighted by molar-refractivity contribution is -0.149. The zero-order valence-electron chi connectivity index (χ0n) is 17.9. The van der Waals surface area contributed by atoms with Gasteiger partial charge in [-0.25, -0.2) is 0 Å². The van der Waals surface area contributed by atoms with Crippen molar-refractivity contribution in [2.45, 2.75) is 51.1 Å². The van der Waals surface area contributed by atoms with Crippen molar-refractivity contribution in [2.75, 3.05) is 46.4 Å². The third-order valence-corrected chi connectivity index (χ3v) is 7.33. The number of piperidine rings is 2. The van der Waals surface area contributed by atoms with Gasteiger partial charge in [-0.1, -0.05) is 15.9 Å². The first-order valence-corrected chi connectivity index (χ1v) is 12.0. The summed E-state index contributed by atoms with van der Waals surface area (Å²) in [5.41, 5.74) is 1.31. The summed E-state index contributed by atoms with van der Waals surface area (Å²) in [6, 6.07) is 6.16. The molecule has 2 heterocycles. The molecule has 0 N–H and O–H groups in total. The number of methoxy groups -OCH3 is 1. The monoisotopic (exact) mass is 490 g/mol. The van der Waals surface area contributed by atoms with E-state index in [1.165, 1.54) is 18.4 Å². The van der Waals surface area contributed by atoms with E-state index in [1.807, 2.05) is 6.07 Å². The molecule has 3 nitrogen and oxygen atoms in total. The number of benzene rings is 1. The molecule has 7 heteroatoms. The third kappa shape index (κ3) is 7.72. The van der Waals surface area contributed by atoms with Crippen LogP contribution >= 0.6 is 15.9 Å². The fraction of sp³-hybridized carbons (Fsp3) is 0.739. The molecule has 1 unspecified atom stereocenters. The summed E-state index contributed by atoms with van der Waals surface area (Å²) in [5, 5.41) is 0. The third-order valence-electron chi connectivity index (χ3n) is 6.56. The number of hydrogen-bond donors (Lipinski definition) is 0. The van der Waals surface area contributed by atoms with E-state index in [-0.39, 0.29) is 0 Å². The molecule has 0 spiro atoms. The van der Waals surface area contributed by atoms with Crippen LogP contribution < -0.4 is 4.74 Å². The van der Waals surface area contributed by atoms with E-state index in [4.69, 9.17) is 4.74 Å². The van der Waals surface area contributed by atoms with Crippen LogP contribution in [-0.2, 0) is 6.42 Å². The Morgan fingerprint density at radius 2 is 1.83 bits per heavy atom. The lowest BCUT2D eigenvalue weighted by atomic mass is 9.89. The molecule has 0 amide bonds. The Bertz CT molecular complexity index is 662. The van der Waals surface area contributed by atoms with Gasteiger partial charge in [0.2, 0.25) is 0 Å². The van der Waals surface area contributed by atoms with Crippen LogP contribution in [0.15, 0.2) is 22.7 Å². The second-order valence-corrected chi connectivity index (χ2v) is 9.80. The molecular formula is C23H34BrF3N2O. The summed E-state index contributed by atoms with van der Waals surface area (Å²) in [7, 11) is 1.70. The molecular weight excluding hydrogens is 457 g/mol. The topological polar surface area (TPSA) is 15.7 Å². The zero-order chi connectivity index (χ0) is 21.6. The molecule has 1 aromatic rings. The summed E-state index contributed by atoms with van der Waals surface area (Å²) in [4.78, 5) is 4.13. The maximum Gasteiger partial charge on any atom is 0.401 e. The van der Waals surface area contributed by atoms with E-state index < -0.39 is 12.7 Å². The molecule has 0 radical (unpaired) electrons. The van der Waals surface area contributed by atoms with Gasteiger partial charge in [0, 0.05) is 11.0 Å². The van der Waals surface area contributed by atoms with Crippen molar-refractivity contribution in [1.29, 1.82) is 0 Å². The van der Waals surface area contributed by atoms with Gasteiger partial charge in [0.05, 0.1) is 13.7 Å². The predicted octanol–water partition coefficient (Wildman–Crippen LogP) is 5.77. The first kappa shape index (κ1) is 23.9. The van der Waals surface area contributed by atoms with Gasteiger partial charge in [-0.2, -0.15) is 13.2 Å². The van der Waals surface area contributed by atoms with Gasteiger partial charge in [-0.3, -0.25) is 4.90 Å². The number of nitrogens with zero attached hydrogens (tertiary/aromatic N) is 2. The van der Waals surface area contributed by atoms with Crippen LogP contribution in [0.3, 0.4) is 0 Å². The Morgan fingerprint density at radius 1 is 1.07 bits per heavy atom. The molecule has 0 bridgehead atoms. The highest BCUT2D eigenvalue weighted by Crippen LogP contribution is 2.29. The van der Waals surface area contributed by atoms with Gasteiger partial charge >= 0.3 is 6.18 Å². The maximum absolute atomic E-state index is 12.6. The van der Waals surface area contributed by atoms with Gasteiger partial charge in [-0.05, 0) is 107 Å². The van der Waals surface area contributed by atoms with Gasteiger partial charge in [0.1, 0.15) is 5.75 Å². The highest BCUT2D eigenvalue weighted by atomic mass is 79.9. The zero-order valence-corrected chi connectivity index (χ0v) is 19.5. The van der Waals surface area contributed by atoms with Crippen molar-refractivity contribution in [3.05, 3.63) is 28.2 Å². The summed E-state index contributed by atoms with van der Waals surface area (Å²) in [5.74, 6) is 2.02. The minimum Gasteiger partial charge on any atom is -0.497 e. The van der Waals surface area contributed by atoms with Gasteiger partial charge in [0.25, 0.3) is 0 Å². The van der Waals surface area contributed by atoms with Crippen molar-refractivity contribution >= 4 is 15.9 Å². The maximum atomic E-state index is 12.6.